The Bertz CT molecular complexity index is 1460. The fourth-order valence-electron chi connectivity index (χ4n) is 5.15. The van der Waals surface area contributed by atoms with E-state index >= 15 is 0 Å². The van der Waals surface area contributed by atoms with E-state index < -0.39 is 28.5 Å². The van der Waals surface area contributed by atoms with E-state index in [1.807, 2.05) is 19.1 Å². The molecule has 1 atom stereocenters. The van der Waals surface area contributed by atoms with E-state index in [0.29, 0.717) is 21.3 Å². The fraction of sp³-hybridized carbons (Fsp3) is 0.375. The molecule has 42 heavy (non-hydrogen) atoms. The highest BCUT2D eigenvalue weighted by Gasteiger charge is 2.33. The Morgan fingerprint density at radius 1 is 0.905 bits per heavy atom. The maximum Gasteiger partial charge on any atom is 0.264 e. The van der Waals surface area contributed by atoms with Gasteiger partial charge in [-0.25, -0.2) is 8.42 Å². The Morgan fingerprint density at radius 2 is 1.52 bits per heavy atom. The number of rotatable bonds is 11. The number of carbonyl (C=O) groups excluding carboxylic acids is 2. The zero-order valence-electron chi connectivity index (χ0n) is 23.9. The topological polar surface area (TPSA) is 86.8 Å². The van der Waals surface area contributed by atoms with Crippen molar-refractivity contribution in [2.24, 2.45) is 0 Å². The van der Waals surface area contributed by atoms with Gasteiger partial charge in [0.1, 0.15) is 12.6 Å². The summed E-state index contributed by atoms with van der Waals surface area (Å²) in [5, 5.41) is 3.79. The predicted molar refractivity (Wildman–Crippen MR) is 168 cm³/mol. The van der Waals surface area contributed by atoms with E-state index in [-0.39, 0.29) is 23.4 Å². The third-order valence-electron chi connectivity index (χ3n) is 7.75. The summed E-state index contributed by atoms with van der Waals surface area (Å²) in [7, 11) is -4.13. The Hall–Kier alpha value is -3.07. The number of nitrogens with one attached hydrogen (secondary N) is 1. The molecule has 2 amide bonds. The smallest absolute Gasteiger partial charge is 0.264 e. The largest absolute Gasteiger partial charge is 0.352 e. The van der Waals surface area contributed by atoms with Crippen LogP contribution in [0, 0.1) is 0 Å². The molecule has 0 aliphatic heterocycles. The van der Waals surface area contributed by atoms with E-state index in [1.54, 1.807) is 55.5 Å². The first kappa shape index (κ1) is 31.9. The van der Waals surface area contributed by atoms with Gasteiger partial charge in [0.05, 0.1) is 10.6 Å². The van der Waals surface area contributed by atoms with Crippen molar-refractivity contribution in [1.82, 2.24) is 10.2 Å². The Balaban J connectivity index is 1.70. The molecule has 0 bridgehead atoms. The molecule has 0 heterocycles. The molecule has 4 rings (SSSR count). The second-order valence-corrected chi connectivity index (χ2v) is 13.3. The third-order valence-corrected chi connectivity index (χ3v) is 10.2. The van der Waals surface area contributed by atoms with Crippen molar-refractivity contribution in [3.05, 3.63) is 94.0 Å². The van der Waals surface area contributed by atoms with Crippen LogP contribution >= 0.6 is 23.2 Å². The summed E-state index contributed by atoms with van der Waals surface area (Å²) in [5.41, 5.74) is 1.86. The van der Waals surface area contributed by atoms with Gasteiger partial charge in [0.2, 0.25) is 11.8 Å². The van der Waals surface area contributed by atoms with Crippen LogP contribution in [0.4, 0.5) is 5.69 Å². The molecule has 0 spiro atoms. The molecule has 1 fully saturated rings. The van der Waals surface area contributed by atoms with Gasteiger partial charge in [-0.05, 0) is 68.1 Å². The molecule has 0 saturated heterocycles. The first-order chi connectivity index (χ1) is 20.1. The predicted octanol–water partition coefficient (Wildman–Crippen LogP) is 6.62. The second kappa shape index (κ2) is 14.4. The Kier molecular flexibility index (Phi) is 10.9. The van der Waals surface area contributed by atoms with Crippen LogP contribution in [0.5, 0.6) is 0 Å². The molecule has 224 valence electrons. The van der Waals surface area contributed by atoms with Crippen molar-refractivity contribution >= 4 is 50.7 Å². The lowest BCUT2D eigenvalue weighted by Gasteiger charge is -2.33. The normalized spacial score (nSPS) is 14.7. The molecule has 0 aromatic heterocycles. The van der Waals surface area contributed by atoms with Crippen LogP contribution in [0.3, 0.4) is 0 Å². The maximum absolute atomic E-state index is 14.1. The minimum Gasteiger partial charge on any atom is -0.352 e. The minimum atomic E-state index is -4.13. The summed E-state index contributed by atoms with van der Waals surface area (Å²) in [6.45, 7) is 3.07. The van der Waals surface area contributed by atoms with Crippen LogP contribution in [-0.2, 0) is 32.6 Å². The number of anilines is 1. The van der Waals surface area contributed by atoms with Crippen molar-refractivity contribution in [3.63, 3.8) is 0 Å². The van der Waals surface area contributed by atoms with Crippen LogP contribution < -0.4 is 9.62 Å². The quantitative estimate of drug-likeness (QED) is 0.258. The van der Waals surface area contributed by atoms with Crippen molar-refractivity contribution in [1.29, 1.82) is 0 Å². The minimum absolute atomic E-state index is 0.0431. The number of amides is 2. The highest BCUT2D eigenvalue weighted by molar-refractivity contribution is 7.92. The SMILES string of the molecule is CCc1ccc(N(CC(=O)N(Cc2c(Cl)cccc2Cl)C(C)C(=O)NC2CCCCC2)S(=O)(=O)c2ccccc2)cc1. The lowest BCUT2D eigenvalue weighted by molar-refractivity contribution is -0.139. The van der Waals surface area contributed by atoms with E-state index in [0.717, 1.165) is 48.4 Å². The Morgan fingerprint density at radius 3 is 2.12 bits per heavy atom. The molecule has 1 unspecified atom stereocenters. The van der Waals surface area contributed by atoms with Crippen LogP contribution in [0.15, 0.2) is 77.7 Å². The molecule has 1 saturated carbocycles. The molecule has 0 radical (unpaired) electrons. The molecule has 3 aromatic rings. The standard InChI is InChI=1S/C32H37Cl2N3O4S/c1-3-24-17-19-26(20-18-24)37(42(40,41)27-13-8-5-9-14-27)22-31(38)36(21-28-29(33)15-10-16-30(28)34)23(2)32(39)35-25-11-6-4-7-12-25/h5,8-10,13-20,23,25H,3-4,6-7,11-12,21-22H2,1-2H3,(H,35,39). The van der Waals surface area contributed by atoms with Gasteiger partial charge in [0, 0.05) is 28.2 Å². The maximum atomic E-state index is 14.1. The zero-order chi connectivity index (χ0) is 30.3. The summed E-state index contributed by atoms with van der Waals surface area (Å²) in [6.07, 6.45) is 5.78. The molecular formula is C32H37Cl2N3O4S. The van der Waals surface area contributed by atoms with Crippen molar-refractivity contribution in [2.45, 2.75) is 75.9 Å². The van der Waals surface area contributed by atoms with Gasteiger partial charge in [-0.1, -0.05) is 85.8 Å². The molecule has 1 N–H and O–H groups in total. The lowest BCUT2D eigenvalue weighted by Crippen LogP contribution is -2.53. The van der Waals surface area contributed by atoms with Gasteiger partial charge >= 0.3 is 0 Å². The monoisotopic (exact) mass is 629 g/mol. The number of sulfonamides is 1. The molecule has 1 aliphatic carbocycles. The summed E-state index contributed by atoms with van der Waals surface area (Å²) in [4.78, 5) is 29.0. The Labute approximate surface area is 258 Å². The molecule has 1 aliphatic rings. The number of halogens is 2. The van der Waals surface area contributed by atoms with Gasteiger partial charge in [-0.15, -0.1) is 0 Å². The summed E-state index contributed by atoms with van der Waals surface area (Å²) in [6, 6.07) is 19.2. The average molecular weight is 631 g/mol. The van der Waals surface area contributed by atoms with Gasteiger partial charge in [0.15, 0.2) is 0 Å². The van der Waals surface area contributed by atoms with E-state index in [9.17, 15) is 18.0 Å². The first-order valence-electron chi connectivity index (χ1n) is 14.3. The van der Waals surface area contributed by atoms with Crippen LogP contribution in [-0.4, -0.2) is 43.8 Å². The van der Waals surface area contributed by atoms with Crippen LogP contribution in [0.1, 0.15) is 57.1 Å². The third kappa shape index (κ3) is 7.65. The number of nitrogens with zero attached hydrogens (tertiary/aromatic N) is 2. The zero-order valence-corrected chi connectivity index (χ0v) is 26.3. The van der Waals surface area contributed by atoms with Crippen molar-refractivity contribution < 1.29 is 18.0 Å². The molecule has 7 nitrogen and oxygen atoms in total. The summed E-state index contributed by atoms with van der Waals surface area (Å²) < 4.78 is 28.9. The molecule has 3 aromatic carbocycles. The highest BCUT2D eigenvalue weighted by Crippen LogP contribution is 2.29. The van der Waals surface area contributed by atoms with Gasteiger partial charge in [-0.3, -0.25) is 13.9 Å². The molecular weight excluding hydrogens is 593 g/mol. The first-order valence-corrected chi connectivity index (χ1v) is 16.5. The fourth-order valence-corrected chi connectivity index (χ4v) is 7.10. The van der Waals surface area contributed by atoms with E-state index in [2.05, 4.69) is 5.32 Å². The number of aryl methyl sites for hydroxylation is 1. The highest BCUT2D eigenvalue weighted by atomic mass is 35.5. The second-order valence-electron chi connectivity index (χ2n) is 10.6. The van der Waals surface area contributed by atoms with Gasteiger partial charge < -0.3 is 10.2 Å². The summed E-state index contributed by atoms with van der Waals surface area (Å²) >= 11 is 12.9. The van der Waals surface area contributed by atoms with Crippen molar-refractivity contribution in [3.8, 4) is 0 Å². The van der Waals surface area contributed by atoms with E-state index in [4.69, 9.17) is 23.2 Å². The summed E-state index contributed by atoms with van der Waals surface area (Å²) in [5.74, 6) is -0.862. The average Bonchev–Trinajstić information content (AvgIpc) is 3.00. The molecule has 10 heteroatoms. The number of hydrogen-bond donors (Lipinski definition) is 1. The van der Waals surface area contributed by atoms with Gasteiger partial charge in [0.25, 0.3) is 10.0 Å². The number of benzene rings is 3. The van der Waals surface area contributed by atoms with E-state index in [1.165, 1.54) is 17.0 Å². The van der Waals surface area contributed by atoms with Crippen LogP contribution in [0.25, 0.3) is 0 Å². The lowest BCUT2D eigenvalue weighted by atomic mass is 9.95. The number of carbonyl (C=O) groups is 2. The van der Waals surface area contributed by atoms with Crippen molar-refractivity contribution in [2.75, 3.05) is 10.8 Å². The van der Waals surface area contributed by atoms with Crippen LogP contribution in [0.2, 0.25) is 10.0 Å². The number of hydrogen-bond acceptors (Lipinski definition) is 4. The van der Waals surface area contributed by atoms with Gasteiger partial charge in [-0.2, -0.15) is 0 Å².